The van der Waals surface area contributed by atoms with E-state index in [0.717, 1.165) is 70.7 Å². The van der Waals surface area contributed by atoms with Crippen LogP contribution in [0.5, 0.6) is 0 Å². The van der Waals surface area contributed by atoms with E-state index in [0.29, 0.717) is 81.4 Å². The number of furan rings is 1. The van der Waals surface area contributed by atoms with Gasteiger partial charge < -0.3 is 25.7 Å². The number of hydrogen-bond donors (Lipinski definition) is 4. The van der Waals surface area contributed by atoms with Crippen molar-refractivity contribution in [3.63, 3.8) is 0 Å². The second-order valence-electron chi connectivity index (χ2n) is 17.1. The Kier molecular flexibility index (Phi) is 10.9. The molecule has 0 bridgehead atoms. The molecule has 10 aromatic rings. The number of benzene rings is 4. The number of rotatable bonds is 12. The number of nitrogens with one attached hydrogen (secondary N) is 4. The summed E-state index contributed by atoms with van der Waals surface area (Å²) in [5, 5.41) is 35.9. The topological polar surface area (TPSA) is 221 Å². The summed E-state index contributed by atoms with van der Waals surface area (Å²) in [5.41, 5.74) is 11.2. The van der Waals surface area contributed by atoms with Gasteiger partial charge in [0.25, 0.3) is 11.8 Å². The summed E-state index contributed by atoms with van der Waals surface area (Å²) >= 11 is 0. The van der Waals surface area contributed by atoms with Crippen LogP contribution in [0.15, 0.2) is 132 Å². The molecule has 0 atom stereocenters. The second-order valence-corrected chi connectivity index (χ2v) is 17.1. The van der Waals surface area contributed by atoms with E-state index >= 15 is 0 Å². The Bertz CT molecular complexity index is 3660. The number of nitriles is 2. The predicted molar refractivity (Wildman–Crippen MR) is 259 cm³/mol. The van der Waals surface area contributed by atoms with E-state index in [4.69, 9.17) is 14.4 Å². The molecule has 4 aromatic carbocycles. The summed E-state index contributed by atoms with van der Waals surface area (Å²) in [7, 11) is 1.88. The van der Waals surface area contributed by atoms with Gasteiger partial charge in [-0.05, 0) is 105 Å². The number of aromatic nitrogens is 8. The van der Waals surface area contributed by atoms with E-state index in [2.05, 4.69) is 48.5 Å². The molecule has 0 aliphatic heterocycles. The molecule has 2 fully saturated rings. The first-order valence-corrected chi connectivity index (χ1v) is 22.5. The average molecular weight is 911 g/mol. The van der Waals surface area contributed by atoms with E-state index < -0.39 is 0 Å². The van der Waals surface area contributed by atoms with Crippen LogP contribution < -0.4 is 21.3 Å². The fourth-order valence-corrected chi connectivity index (χ4v) is 8.15. The molecule has 6 aromatic heterocycles. The Hall–Kier alpha value is -9.35. The Morgan fingerprint density at radius 2 is 1.17 bits per heavy atom. The summed E-state index contributed by atoms with van der Waals surface area (Å²) < 4.78 is 11.2. The van der Waals surface area contributed by atoms with Gasteiger partial charge in [0.1, 0.15) is 5.76 Å². The molecule has 17 nitrogen and oxygen atoms in total. The fourth-order valence-electron chi connectivity index (χ4n) is 8.15. The molecule has 12 rings (SSSR count). The molecule has 338 valence electrons. The van der Waals surface area contributed by atoms with Crippen molar-refractivity contribution in [3.05, 3.63) is 162 Å². The van der Waals surface area contributed by atoms with Crippen molar-refractivity contribution in [2.45, 2.75) is 50.9 Å². The van der Waals surface area contributed by atoms with E-state index in [-0.39, 0.29) is 11.8 Å². The zero-order chi connectivity index (χ0) is 47.0. The molecule has 2 aliphatic rings. The first kappa shape index (κ1) is 42.3. The zero-order valence-electron chi connectivity index (χ0n) is 37.2. The Balaban J connectivity index is 0.000000151. The maximum atomic E-state index is 12.4. The third-order valence-electron chi connectivity index (χ3n) is 12.0. The number of imidazole rings is 2. The molecular formula is C52H42N14O3. The summed E-state index contributed by atoms with van der Waals surface area (Å²) in [5.74, 6) is 1.88. The minimum Gasteiger partial charge on any atom is -0.467 e. The van der Waals surface area contributed by atoms with E-state index in [1.807, 2.05) is 101 Å². The molecule has 0 unspecified atom stereocenters. The van der Waals surface area contributed by atoms with Gasteiger partial charge in [-0.25, -0.2) is 19.9 Å². The van der Waals surface area contributed by atoms with Crippen LogP contribution in [0, 0.1) is 22.7 Å². The average Bonchev–Trinajstić information content (AvgIpc) is 4.08. The first-order chi connectivity index (χ1) is 33.8. The molecular weight excluding hydrogens is 869 g/mol. The van der Waals surface area contributed by atoms with Crippen LogP contribution in [0.25, 0.3) is 55.9 Å². The van der Waals surface area contributed by atoms with Crippen LogP contribution in [0.3, 0.4) is 0 Å². The maximum Gasteiger partial charge on any atom is 0.251 e. The Morgan fingerprint density at radius 1 is 0.667 bits per heavy atom. The molecule has 2 aliphatic carbocycles. The number of carbonyl (C=O) groups excluding carboxylic acids is 2. The van der Waals surface area contributed by atoms with Gasteiger partial charge in [-0.1, -0.05) is 24.3 Å². The number of nitrogens with zero attached hydrogens (tertiary/aromatic N) is 10. The highest BCUT2D eigenvalue weighted by Gasteiger charge is 2.25. The largest absolute Gasteiger partial charge is 0.467 e. The fraction of sp³-hybridized carbons (Fsp3) is 0.173. The molecule has 2 saturated carbocycles. The number of anilines is 2. The summed E-state index contributed by atoms with van der Waals surface area (Å²) in [6, 6.07) is 36.6. The van der Waals surface area contributed by atoms with Gasteiger partial charge in [-0.3, -0.25) is 23.1 Å². The van der Waals surface area contributed by atoms with Crippen molar-refractivity contribution in [1.82, 2.24) is 49.2 Å². The molecule has 2 amide bonds. The first-order valence-electron chi connectivity index (χ1n) is 22.5. The SMILES string of the molecule is Cn1ccc(CNc2nc3cc(C#N)ccc3n3c(-c4ccc(C(=O)NC5CC5)cc4)cnc23)n1.N#Cc1ccc2c(c1)nc(NCc1ccco1)c1ncc(-c3ccc(C(=O)NC4CC4)cc3)n12. The lowest BCUT2D eigenvalue weighted by molar-refractivity contribution is 0.0942. The highest BCUT2D eigenvalue weighted by Crippen LogP contribution is 2.32. The third kappa shape index (κ3) is 8.75. The lowest BCUT2D eigenvalue weighted by Crippen LogP contribution is -2.25. The van der Waals surface area contributed by atoms with Gasteiger partial charge in [-0.15, -0.1) is 0 Å². The predicted octanol–water partition coefficient (Wildman–Crippen LogP) is 8.18. The van der Waals surface area contributed by atoms with Crippen molar-refractivity contribution >= 4 is 56.8 Å². The zero-order valence-corrected chi connectivity index (χ0v) is 37.2. The monoisotopic (exact) mass is 910 g/mol. The molecule has 0 saturated heterocycles. The van der Waals surface area contributed by atoms with Gasteiger partial charge in [0.15, 0.2) is 22.9 Å². The number of amides is 2. The quantitative estimate of drug-likeness (QED) is 0.0912. The van der Waals surface area contributed by atoms with Crippen LogP contribution >= 0.6 is 0 Å². The number of hydrogen-bond acceptors (Lipinski definition) is 12. The highest BCUT2D eigenvalue weighted by molar-refractivity contribution is 5.96. The van der Waals surface area contributed by atoms with Crippen molar-refractivity contribution in [2.24, 2.45) is 7.05 Å². The van der Waals surface area contributed by atoms with Gasteiger partial charge in [-0.2, -0.15) is 15.6 Å². The van der Waals surface area contributed by atoms with Crippen LogP contribution in [0.2, 0.25) is 0 Å². The molecule has 4 N–H and O–H groups in total. The van der Waals surface area contributed by atoms with Crippen LogP contribution in [-0.2, 0) is 20.1 Å². The molecule has 17 heteroatoms. The molecule has 69 heavy (non-hydrogen) atoms. The third-order valence-corrected chi connectivity index (χ3v) is 12.0. The van der Waals surface area contributed by atoms with Gasteiger partial charge in [0.2, 0.25) is 0 Å². The molecule has 6 heterocycles. The Morgan fingerprint density at radius 3 is 1.61 bits per heavy atom. The van der Waals surface area contributed by atoms with Crippen molar-refractivity contribution < 1.29 is 14.0 Å². The van der Waals surface area contributed by atoms with Crippen LogP contribution in [0.4, 0.5) is 11.6 Å². The number of carbonyl (C=O) groups is 2. The van der Waals surface area contributed by atoms with Crippen LogP contribution in [-0.4, -0.2) is 62.4 Å². The van der Waals surface area contributed by atoms with Gasteiger partial charge >= 0.3 is 0 Å². The minimum absolute atomic E-state index is 0.0446. The van der Waals surface area contributed by atoms with Gasteiger partial charge in [0, 0.05) is 47.6 Å². The second kappa shape index (κ2) is 17.8. The molecule has 0 spiro atoms. The summed E-state index contributed by atoms with van der Waals surface area (Å²) in [6.45, 7) is 0.937. The van der Waals surface area contributed by atoms with Crippen molar-refractivity contribution in [3.8, 4) is 34.7 Å². The smallest absolute Gasteiger partial charge is 0.251 e. The number of fused-ring (bicyclic) bond motifs is 6. The minimum atomic E-state index is -0.0460. The van der Waals surface area contributed by atoms with Crippen molar-refractivity contribution in [1.29, 1.82) is 10.5 Å². The van der Waals surface area contributed by atoms with E-state index in [9.17, 15) is 20.1 Å². The number of aryl methyl sites for hydroxylation is 1. The van der Waals surface area contributed by atoms with E-state index in [1.165, 1.54) is 0 Å². The van der Waals surface area contributed by atoms with E-state index in [1.54, 1.807) is 47.6 Å². The van der Waals surface area contributed by atoms with Crippen LogP contribution in [0.1, 0.15) is 69.0 Å². The lowest BCUT2D eigenvalue weighted by Gasteiger charge is -2.11. The molecule has 0 radical (unpaired) electrons. The standard InChI is InChI=1S/C26H22N8O.C26H20N6O2/c1-33-11-10-20(32-33)14-28-24-25-29-15-23(34(25)22-9-2-16(13-27)12-21(22)31-24)17-3-5-18(6-4-17)26(35)30-19-7-8-19;27-13-16-3-10-22-21(12-16)31-24(28-14-20-2-1-11-34-20)25-29-15-23(32(22)25)17-4-6-18(7-5-17)26(33)30-19-8-9-19/h2-6,9-12,15,19H,7-8,14H2,1H3,(H,28,31)(H,30,35);1-7,10-12,15,19H,8-9,14H2,(H,28,31)(H,30,33). The maximum absolute atomic E-state index is 12.4. The summed E-state index contributed by atoms with van der Waals surface area (Å²) in [6.07, 6.45) is 11.3. The van der Waals surface area contributed by atoms with Crippen molar-refractivity contribution in [2.75, 3.05) is 10.6 Å². The summed E-state index contributed by atoms with van der Waals surface area (Å²) in [4.78, 5) is 43.6. The highest BCUT2D eigenvalue weighted by atomic mass is 16.3. The Labute approximate surface area is 394 Å². The normalized spacial score (nSPS) is 13.1. The lowest BCUT2D eigenvalue weighted by atomic mass is 10.1. The van der Waals surface area contributed by atoms with Gasteiger partial charge in [0.05, 0.1) is 94.2 Å².